The van der Waals surface area contributed by atoms with Gasteiger partial charge in [-0.25, -0.2) is 9.97 Å². The Morgan fingerprint density at radius 1 is 0.794 bits per heavy atom. The lowest BCUT2D eigenvalue weighted by molar-refractivity contribution is 0.102. The average molecular weight is 442 g/mol. The fourth-order valence-corrected chi connectivity index (χ4v) is 3.99. The van der Waals surface area contributed by atoms with Gasteiger partial charge in [-0.2, -0.15) is 0 Å². The van der Waals surface area contributed by atoms with E-state index in [0.717, 1.165) is 27.5 Å². The average Bonchev–Trinajstić information content (AvgIpc) is 3.43. The maximum atomic E-state index is 13.4. The normalized spacial score (nSPS) is 11.1. The topological polar surface area (TPSA) is 80.9 Å². The Hall–Kier alpha value is -4.84. The second-order valence-corrected chi connectivity index (χ2v) is 7.85. The van der Waals surface area contributed by atoms with Crippen LogP contribution in [0.4, 0.5) is 5.69 Å². The van der Waals surface area contributed by atoms with Crippen LogP contribution < -0.4 is 5.32 Å². The molecule has 0 spiro atoms. The van der Waals surface area contributed by atoms with Gasteiger partial charge in [0.15, 0.2) is 5.76 Å². The smallest absolute Gasteiger partial charge is 0.256 e. The summed E-state index contributed by atoms with van der Waals surface area (Å²) >= 11 is 0. The summed E-state index contributed by atoms with van der Waals surface area (Å²) in [6.07, 6.45) is 4.86. The molecular formula is C28H18N4O2. The third kappa shape index (κ3) is 3.67. The minimum atomic E-state index is -0.253. The van der Waals surface area contributed by atoms with Gasteiger partial charge < -0.3 is 9.73 Å². The monoisotopic (exact) mass is 442 g/mol. The highest BCUT2D eigenvalue weighted by molar-refractivity contribution is 6.13. The molecule has 0 aliphatic heterocycles. The molecule has 1 N–H and O–H groups in total. The molecule has 0 saturated heterocycles. The predicted octanol–water partition coefficient (Wildman–Crippen LogP) is 6.36. The molecule has 0 fully saturated rings. The zero-order valence-electron chi connectivity index (χ0n) is 18.0. The molecule has 162 valence electrons. The van der Waals surface area contributed by atoms with Crippen molar-refractivity contribution in [2.45, 2.75) is 0 Å². The minimum absolute atomic E-state index is 0.253. The first-order valence-electron chi connectivity index (χ1n) is 10.8. The van der Waals surface area contributed by atoms with E-state index in [1.54, 1.807) is 42.9 Å². The molecule has 0 aliphatic carbocycles. The summed E-state index contributed by atoms with van der Waals surface area (Å²) in [6.45, 7) is 0. The summed E-state index contributed by atoms with van der Waals surface area (Å²) in [5.74, 6) is 0.342. The highest BCUT2D eigenvalue weighted by atomic mass is 16.3. The van der Waals surface area contributed by atoms with Crippen LogP contribution in [0, 0.1) is 0 Å². The number of benzene rings is 2. The highest BCUT2D eigenvalue weighted by Gasteiger charge is 2.17. The Morgan fingerprint density at radius 3 is 2.56 bits per heavy atom. The lowest BCUT2D eigenvalue weighted by Gasteiger charge is -2.11. The van der Waals surface area contributed by atoms with E-state index in [2.05, 4.69) is 16.4 Å². The Labute approximate surface area is 194 Å². The van der Waals surface area contributed by atoms with E-state index in [-0.39, 0.29) is 5.91 Å². The third-order valence-corrected chi connectivity index (χ3v) is 5.64. The maximum absolute atomic E-state index is 13.4. The van der Waals surface area contributed by atoms with Gasteiger partial charge in [-0.3, -0.25) is 9.78 Å². The van der Waals surface area contributed by atoms with Crippen LogP contribution in [-0.2, 0) is 0 Å². The predicted molar refractivity (Wildman–Crippen MR) is 132 cm³/mol. The molecule has 6 aromatic rings. The Kier molecular flexibility index (Phi) is 4.81. The van der Waals surface area contributed by atoms with E-state index in [9.17, 15) is 4.79 Å². The van der Waals surface area contributed by atoms with E-state index < -0.39 is 0 Å². The second kappa shape index (κ2) is 8.26. The van der Waals surface area contributed by atoms with E-state index in [1.165, 1.54) is 0 Å². The molecule has 6 nitrogen and oxygen atoms in total. The van der Waals surface area contributed by atoms with E-state index >= 15 is 0 Å². The van der Waals surface area contributed by atoms with Crippen LogP contribution in [0.3, 0.4) is 0 Å². The number of amides is 1. The molecule has 0 radical (unpaired) electrons. The van der Waals surface area contributed by atoms with Gasteiger partial charge in [-0.1, -0.05) is 30.3 Å². The van der Waals surface area contributed by atoms with Crippen LogP contribution in [0.15, 0.2) is 108 Å². The summed E-state index contributed by atoms with van der Waals surface area (Å²) in [7, 11) is 0. The summed E-state index contributed by atoms with van der Waals surface area (Å²) < 4.78 is 5.54. The van der Waals surface area contributed by atoms with Crippen molar-refractivity contribution < 1.29 is 9.21 Å². The first-order chi connectivity index (χ1) is 16.7. The number of anilines is 1. The van der Waals surface area contributed by atoms with E-state index in [1.807, 2.05) is 54.6 Å². The number of hydrogen-bond acceptors (Lipinski definition) is 5. The van der Waals surface area contributed by atoms with Crippen LogP contribution in [0.25, 0.3) is 44.5 Å². The first-order valence-corrected chi connectivity index (χ1v) is 10.8. The Bertz CT molecular complexity index is 1640. The van der Waals surface area contributed by atoms with Crippen molar-refractivity contribution in [3.05, 3.63) is 109 Å². The second-order valence-electron chi connectivity index (χ2n) is 7.85. The molecule has 0 bridgehead atoms. The van der Waals surface area contributed by atoms with Crippen molar-refractivity contribution in [3.8, 4) is 22.7 Å². The third-order valence-electron chi connectivity index (χ3n) is 5.64. The SMILES string of the molecule is O=C(Nc1cccnc1)c1cc(-c2ccco2)nc2ccc(-c3ccc4ccccc4n3)cc12. The summed E-state index contributed by atoms with van der Waals surface area (Å²) in [6, 6.07) is 26.8. The molecule has 6 heteroatoms. The van der Waals surface area contributed by atoms with Crippen molar-refractivity contribution in [2.75, 3.05) is 5.32 Å². The number of rotatable bonds is 4. The molecule has 0 atom stereocenters. The minimum Gasteiger partial charge on any atom is -0.463 e. The zero-order valence-corrected chi connectivity index (χ0v) is 18.0. The molecule has 0 saturated carbocycles. The zero-order chi connectivity index (χ0) is 22.9. The lowest BCUT2D eigenvalue weighted by atomic mass is 10.0. The largest absolute Gasteiger partial charge is 0.463 e. The molecule has 4 aromatic heterocycles. The number of nitrogens with one attached hydrogen (secondary N) is 1. The van der Waals surface area contributed by atoms with Crippen LogP contribution in [0.5, 0.6) is 0 Å². The first kappa shape index (κ1) is 19.8. The molecule has 0 aliphatic rings. The molecule has 0 unspecified atom stereocenters. The number of carbonyl (C=O) groups excluding carboxylic acids is 1. The Morgan fingerprint density at radius 2 is 1.71 bits per heavy atom. The van der Waals surface area contributed by atoms with Crippen molar-refractivity contribution in [1.29, 1.82) is 0 Å². The van der Waals surface area contributed by atoms with Crippen molar-refractivity contribution >= 4 is 33.4 Å². The summed E-state index contributed by atoms with van der Waals surface area (Å²) in [5.41, 5.74) is 5.03. The van der Waals surface area contributed by atoms with E-state index in [4.69, 9.17) is 14.4 Å². The number of para-hydroxylation sites is 1. The van der Waals surface area contributed by atoms with Gasteiger partial charge in [0.2, 0.25) is 0 Å². The fraction of sp³-hybridized carbons (Fsp3) is 0. The number of fused-ring (bicyclic) bond motifs is 2. The summed E-state index contributed by atoms with van der Waals surface area (Å²) in [5, 5.41) is 4.73. The number of nitrogens with zero attached hydrogens (tertiary/aromatic N) is 3. The van der Waals surface area contributed by atoms with Gasteiger partial charge in [0.25, 0.3) is 5.91 Å². The molecule has 2 aromatic carbocycles. The van der Waals surface area contributed by atoms with Crippen molar-refractivity contribution in [2.24, 2.45) is 0 Å². The number of furan rings is 1. The van der Waals surface area contributed by atoms with Gasteiger partial charge in [-0.05, 0) is 54.6 Å². The standard InChI is InChI=1S/C28H18N4O2/c33-28(30-20-6-3-13-29-17-20)22-16-26(27-8-4-14-34-27)32-25-12-10-19(15-21(22)25)24-11-9-18-5-1-2-7-23(18)31-24/h1-17H,(H,30,33). The van der Waals surface area contributed by atoms with Gasteiger partial charge in [0.1, 0.15) is 5.69 Å². The maximum Gasteiger partial charge on any atom is 0.256 e. The summed E-state index contributed by atoms with van der Waals surface area (Å²) in [4.78, 5) is 27.0. The van der Waals surface area contributed by atoms with Crippen molar-refractivity contribution in [3.63, 3.8) is 0 Å². The van der Waals surface area contributed by atoms with Crippen molar-refractivity contribution in [1.82, 2.24) is 15.0 Å². The van der Waals surface area contributed by atoms with Gasteiger partial charge in [-0.15, -0.1) is 0 Å². The molecular weight excluding hydrogens is 424 g/mol. The molecule has 34 heavy (non-hydrogen) atoms. The van der Waals surface area contributed by atoms with Crippen LogP contribution in [0.1, 0.15) is 10.4 Å². The molecule has 6 rings (SSSR count). The number of carbonyl (C=O) groups is 1. The van der Waals surface area contributed by atoms with Crippen LogP contribution in [0.2, 0.25) is 0 Å². The number of hydrogen-bond donors (Lipinski definition) is 1. The molecule has 4 heterocycles. The van der Waals surface area contributed by atoms with Gasteiger partial charge >= 0.3 is 0 Å². The van der Waals surface area contributed by atoms with Crippen LogP contribution >= 0.6 is 0 Å². The quantitative estimate of drug-likeness (QED) is 0.344. The highest BCUT2D eigenvalue weighted by Crippen LogP contribution is 2.30. The van der Waals surface area contributed by atoms with Gasteiger partial charge in [0.05, 0.1) is 40.4 Å². The molecule has 1 amide bonds. The Balaban J connectivity index is 1.50. The lowest BCUT2D eigenvalue weighted by Crippen LogP contribution is -2.13. The fourth-order valence-electron chi connectivity index (χ4n) is 3.99. The van der Waals surface area contributed by atoms with Gasteiger partial charge in [0, 0.05) is 22.5 Å². The van der Waals surface area contributed by atoms with E-state index in [0.29, 0.717) is 28.2 Å². The number of aromatic nitrogens is 3. The van der Waals surface area contributed by atoms with Crippen LogP contribution in [-0.4, -0.2) is 20.9 Å². The number of pyridine rings is 3.